The van der Waals surface area contributed by atoms with E-state index < -0.39 is 10.0 Å². The molecule has 8 nitrogen and oxygen atoms in total. The van der Waals surface area contributed by atoms with E-state index in [-0.39, 0.29) is 11.0 Å². The molecule has 2 fully saturated rings. The van der Waals surface area contributed by atoms with Gasteiger partial charge in [-0.3, -0.25) is 0 Å². The van der Waals surface area contributed by atoms with Crippen molar-refractivity contribution in [2.45, 2.75) is 49.1 Å². The average molecular weight is 411 g/mol. The Balaban J connectivity index is 1.40. The zero-order valence-electron chi connectivity index (χ0n) is 15.7. The minimum atomic E-state index is -3.70. The van der Waals surface area contributed by atoms with E-state index in [0.717, 1.165) is 29.6 Å². The zero-order valence-corrected chi connectivity index (χ0v) is 16.5. The number of benzene rings is 1. The lowest BCUT2D eigenvalue weighted by atomic mass is 10.2. The first-order valence-corrected chi connectivity index (χ1v) is 11.2. The molecule has 0 unspecified atom stereocenters. The SMILES string of the molecule is NS(=O)(=O)c1ccc(CNc2nc(OC3CC3)c3nc(C4CC4)ccc3n2)cc1. The lowest BCUT2D eigenvalue weighted by Gasteiger charge is -2.11. The topological polar surface area (TPSA) is 120 Å². The van der Waals surface area contributed by atoms with Crippen LogP contribution in [0.25, 0.3) is 11.0 Å². The maximum Gasteiger partial charge on any atom is 0.245 e. The predicted molar refractivity (Wildman–Crippen MR) is 108 cm³/mol. The van der Waals surface area contributed by atoms with Gasteiger partial charge in [-0.25, -0.2) is 23.5 Å². The van der Waals surface area contributed by atoms with Gasteiger partial charge in [0.25, 0.3) is 0 Å². The minimum absolute atomic E-state index is 0.0841. The molecule has 0 spiro atoms. The highest BCUT2D eigenvalue weighted by Crippen LogP contribution is 2.40. The number of hydrogen-bond acceptors (Lipinski definition) is 7. The van der Waals surface area contributed by atoms with Crippen LogP contribution in [-0.2, 0) is 16.6 Å². The quantitative estimate of drug-likeness (QED) is 0.613. The molecule has 150 valence electrons. The molecule has 3 aromatic rings. The monoisotopic (exact) mass is 411 g/mol. The van der Waals surface area contributed by atoms with Crippen molar-refractivity contribution in [2.75, 3.05) is 5.32 Å². The van der Waals surface area contributed by atoms with Gasteiger partial charge in [-0.1, -0.05) is 12.1 Å². The molecule has 1 aromatic carbocycles. The third-order valence-electron chi connectivity index (χ3n) is 5.03. The maximum absolute atomic E-state index is 11.4. The van der Waals surface area contributed by atoms with Crippen LogP contribution in [0.4, 0.5) is 5.95 Å². The van der Waals surface area contributed by atoms with Crippen molar-refractivity contribution >= 4 is 27.0 Å². The van der Waals surface area contributed by atoms with E-state index in [1.165, 1.54) is 25.0 Å². The molecule has 5 rings (SSSR count). The highest BCUT2D eigenvalue weighted by atomic mass is 32.2. The summed E-state index contributed by atoms with van der Waals surface area (Å²) in [5.41, 5.74) is 3.42. The van der Waals surface area contributed by atoms with Crippen LogP contribution in [0.3, 0.4) is 0 Å². The second kappa shape index (κ2) is 6.93. The lowest BCUT2D eigenvalue weighted by molar-refractivity contribution is 0.294. The predicted octanol–water partition coefficient (Wildman–Crippen LogP) is 2.70. The summed E-state index contributed by atoms with van der Waals surface area (Å²) in [6.45, 7) is 0.437. The Hall–Kier alpha value is -2.78. The Labute approximate surface area is 168 Å². The first kappa shape index (κ1) is 18.3. The van der Waals surface area contributed by atoms with Crippen LogP contribution >= 0.6 is 0 Å². The van der Waals surface area contributed by atoms with Gasteiger partial charge in [0.1, 0.15) is 6.10 Å². The number of hydrogen-bond donors (Lipinski definition) is 2. The second-order valence-electron chi connectivity index (χ2n) is 7.59. The molecule has 0 saturated heterocycles. The number of nitrogens with zero attached hydrogens (tertiary/aromatic N) is 3. The molecule has 0 aliphatic heterocycles. The molecule has 9 heteroatoms. The van der Waals surface area contributed by atoms with Gasteiger partial charge < -0.3 is 10.1 Å². The molecule has 29 heavy (non-hydrogen) atoms. The molecule has 2 aromatic heterocycles. The van der Waals surface area contributed by atoms with E-state index in [1.54, 1.807) is 12.1 Å². The standard InChI is InChI=1S/C20H21N5O3S/c21-29(26,27)15-7-1-12(2-8-15)11-22-20-24-17-10-9-16(13-3-4-13)23-18(17)19(25-20)28-14-5-6-14/h1-2,7-10,13-14H,3-6,11H2,(H2,21,26,27)(H,22,24,25). The number of fused-ring (bicyclic) bond motifs is 1. The third kappa shape index (κ3) is 4.15. The molecule has 2 heterocycles. The van der Waals surface area contributed by atoms with Crippen molar-refractivity contribution < 1.29 is 13.2 Å². The van der Waals surface area contributed by atoms with E-state index in [9.17, 15) is 8.42 Å². The van der Waals surface area contributed by atoms with Gasteiger partial charge >= 0.3 is 0 Å². The van der Waals surface area contributed by atoms with Crippen molar-refractivity contribution in [3.63, 3.8) is 0 Å². The van der Waals surface area contributed by atoms with Crippen LogP contribution < -0.4 is 15.2 Å². The van der Waals surface area contributed by atoms with Crippen molar-refractivity contribution in [1.29, 1.82) is 0 Å². The molecule has 3 N–H and O–H groups in total. The van der Waals surface area contributed by atoms with Gasteiger partial charge in [0.15, 0.2) is 5.52 Å². The van der Waals surface area contributed by atoms with Gasteiger partial charge in [-0.05, 0) is 55.5 Å². The highest BCUT2D eigenvalue weighted by Gasteiger charge is 2.28. The van der Waals surface area contributed by atoms with Gasteiger partial charge in [0.2, 0.25) is 21.9 Å². The Morgan fingerprint density at radius 2 is 1.76 bits per heavy atom. The number of nitrogens with two attached hydrogens (primary N) is 1. The van der Waals surface area contributed by atoms with Crippen LogP contribution in [0.1, 0.15) is 42.9 Å². The summed E-state index contributed by atoms with van der Waals surface area (Å²) in [5, 5.41) is 8.32. The third-order valence-corrected chi connectivity index (χ3v) is 5.96. The number of anilines is 1. The first-order valence-electron chi connectivity index (χ1n) is 9.67. The molecular formula is C20H21N5O3S. The summed E-state index contributed by atoms with van der Waals surface area (Å²) in [6, 6.07) is 10.4. The Bertz CT molecular complexity index is 1170. The minimum Gasteiger partial charge on any atom is -0.473 e. The average Bonchev–Trinajstić information content (AvgIpc) is 3.60. The van der Waals surface area contributed by atoms with E-state index in [1.807, 2.05) is 12.1 Å². The van der Waals surface area contributed by atoms with Crippen LogP contribution in [0, 0.1) is 0 Å². The molecule has 0 bridgehead atoms. The molecular weight excluding hydrogens is 390 g/mol. The first-order chi connectivity index (χ1) is 14.0. The fourth-order valence-corrected chi connectivity index (χ4v) is 3.61. The molecule has 0 atom stereocenters. The molecule has 0 amide bonds. The number of primary sulfonamides is 1. The number of nitrogens with one attached hydrogen (secondary N) is 1. The summed E-state index contributed by atoms with van der Waals surface area (Å²) in [4.78, 5) is 14.0. The summed E-state index contributed by atoms with van der Waals surface area (Å²) in [6.07, 6.45) is 4.64. The van der Waals surface area contributed by atoms with Crippen molar-refractivity contribution in [1.82, 2.24) is 15.0 Å². The van der Waals surface area contributed by atoms with Crippen LogP contribution in [-0.4, -0.2) is 29.5 Å². The Kier molecular flexibility index (Phi) is 4.36. The summed E-state index contributed by atoms with van der Waals surface area (Å²) in [7, 11) is -3.70. The summed E-state index contributed by atoms with van der Waals surface area (Å²) >= 11 is 0. The molecule has 0 radical (unpaired) electrons. The molecule has 2 saturated carbocycles. The van der Waals surface area contributed by atoms with Gasteiger partial charge in [0, 0.05) is 18.2 Å². The molecule has 2 aliphatic carbocycles. The summed E-state index contributed by atoms with van der Waals surface area (Å²) < 4.78 is 28.7. The fourth-order valence-electron chi connectivity index (χ4n) is 3.09. The number of sulfonamides is 1. The largest absolute Gasteiger partial charge is 0.473 e. The van der Waals surface area contributed by atoms with Crippen LogP contribution in [0.2, 0.25) is 0 Å². The van der Waals surface area contributed by atoms with Gasteiger partial charge in [-0.2, -0.15) is 4.98 Å². The van der Waals surface area contributed by atoms with E-state index in [4.69, 9.17) is 14.9 Å². The van der Waals surface area contributed by atoms with Crippen molar-refractivity contribution in [2.24, 2.45) is 5.14 Å². The van der Waals surface area contributed by atoms with Crippen LogP contribution in [0.15, 0.2) is 41.3 Å². The Morgan fingerprint density at radius 1 is 1.00 bits per heavy atom. The van der Waals surface area contributed by atoms with Gasteiger partial charge in [-0.15, -0.1) is 0 Å². The van der Waals surface area contributed by atoms with E-state index >= 15 is 0 Å². The zero-order chi connectivity index (χ0) is 20.0. The second-order valence-corrected chi connectivity index (χ2v) is 9.15. The highest BCUT2D eigenvalue weighted by molar-refractivity contribution is 7.89. The van der Waals surface area contributed by atoms with Crippen LogP contribution in [0.5, 0.6) is 5.88 Å². The van der Waals surface area contributed by atoms with E-state index in [2.05, 4.69) is 15.3 Å². The number of ether oxygens (including phenoxy) is 1. The van der Waals surface area contributed by atoms with Crippen molar-refractivity contribution in [3.05, 3.63) is 47.7 Å². The molecule has 2 aliphatic rings. The Morgan fingerprint density at radius 3 is 2.41 bits per heavy atom. The van der Waals surface area contributed by atoms with Crippen molar-refractivity contribution in [3.8, 4) is 5.88 Å². The fraction of sp³-hybridized carbons (Fsp3) is 0.350. The smallest absolute Gasteiger partial charge is 0.245 e. The number of pyridine rings is 1. The lowest BCUT2D eigenvalue weighted by Crippen LogP contribution is -2.12. The normalized spacial score (nSPS) is 16.7. The number of aromatic nitrogens is 3. The number of rotatable bonds is 7. The van der Waals surface area contributed by atoms with Gasteiger partial charge in [0.05, 0.1) is 10.4 Å². The summed E-state index contributed by atoms with van der Waals surface area (Å²) in [5.74, 6) is 1.52. The maximum atomic E-state index is 11.4. The van der Waals surface area contributed by atoms with E-state index in [0.29, 0.717) is 29.8 Å².